The number of aryl methyl sites for hydroxylation is 1. The third-order valence-corrected chi connectivity index (χ3v) is 4.29. The Labute approximate surface area is 123 Å². The van der Waals surface area contributed by atoms with Crippen molar-refractivity contribution < 1.29 is 14.7 Å². The molecule has 114 valence electrons. The summed E-state index contributed by atoms with van der Waals surface area (Å²) in [6.07, 6.45) is -1.33. The summed E-state index contributed by atoms with van der Waals surface area (Å²) in [5, 5.41) is 14.3. The van der Waals surface area contributed by atoms with E-state index in [1.165, 1.54) is 5.56 Å². The molecule has 3 rings (SSSR count). The third kappa shape index (κ3) is 2.34. The molecule has 0 bridgehead atoms. The standard InChI is InChI=1S/C15H21N3O3/c1-9-3-5-11(6-4-9)7-18-12-14(20)17-8-15(12,16)13(21-18)10(2)19/h3-6,10,12-13,19H,7-8,16H2,1-2H3,(H,17,20). The molecule has 1 aromatic carbocycles. The van der Waals surface area contributed by atoms with Crippen LogP contribution in [0.25, 0.3) is 0 Å². The number of carbonyl (C=O) groups excluding carboxylic acids is 1. The third-order valence-electron chi connectivity index (χ3n) is 4.29. The number of aliphatic hydroxyl groups is 1. The van der Waals surface area contributed by atoms with Crippen molar-refractivity contribution in [2.45, 2.75) is 44.2 Å². The minimum atomic E-state index is -0.893. The van der Waals surface area contributed by atoms with Gasteiger partial charge in [-0.15, -0.1) is 0 Å². The number of nitrogens with two attached hydrogens (primary N) is 1. The van der Waals surface area contributed by atoms with Crippen molar-refractivity contribution >= 4 is 5.91 Å². The normalized spacial score (nSPS) is 33.8. The van der Waals surface area contributed by atoms with Gasteiger partial charge in [-0.1, -0.05) is 29.8 Å². The zero-order chi connectivity index (χ0) is 15.2. The number of nitrogens with zero attached hydrogens (tertiary/aromatic N) is 1. The van der Waals surface area contributed by atoms with Crippen LogP contribution in [0.3, 0.4) is 0 Å². The molecule has 1 aromatic rings. The van der Waals surface area contributed by atoms with E-state index in [9.17, 15) is 9.90 Å². The molecule has 4 atom stereocenters. The molecule has 4 N–H and O–H groups in total. The van der Waals surface area contributed by atoms with Crippen LogP contribution in [0.4, 0.5) is 0 Å². The number of benzene rings is 1. The Hall–Kier alpha value is -1.47. The van der Waals surface area contributed by atoms with E-state index in [2.05, 4.69) is 5.32 Å². The summed E-state index contributed by atoms with van der Waals surface area (Å²) in [5.74, 6) is -0.146. The SMILES string of the molecule is Cc1ccc(CN2OC(C(C)O)C3(N)CNC(=O)C23)cc1. The van der Waals surface area contributed by atoms with E-state index in [4.69, 9.17) is 10.6 Å². The Bertz CT molecular complexity index is 546. The molecule has 2 aliphatic heterocycles. The van der Waals surface area contributed by atoms with Gasteiger partial charge in [-0.25, -0.2) is 0 Å². The first kappa shape index (κ1) is 14.5. The zero-order valence-corrected chi connectivity index (χ0v) is 12.2. The molecule has 21 heavy (non-hydrogen) atoms. The topological polar surface area (TPSA) is 87.8 Å². The van der Waals surface area contributed by atoms with Crippen molar-refractivity contribution in [3.05, 3.63) is 35.4 Å². The average Bonchev–Trinajstić information content (AvgIpc) is 2.88. The highest BCUT2D eigenvalue weighted by atomic mass is 16.7. The molecule has 0 aliphatic carbocycles. The summed E-state index contributed by atoms with van der Waals surface area (Å²) >= 11 is 0. The van der Waals surface area contributed by atoms with E-state index in [-0.39, 0.29) is 5.91 Å². The highest BCUT2D eigenvalue weighted by Crippen LogP contribution is 2.35. The minimum Gasteiger partial charge on any atom is -0.391 e. The van der Waals surface area contributed by atoms with Gasteiger partial charge in [0.15, 0.2) is 0 Å². The lowest BCUT2D eigenvalue weighted by molar-refractivity contribution is -0.193. The van der Waals surface area contributed by atoms with Crippen LogP contribution < -0.4 is 11.1 Å². The summed E-state index contributed by atoms with van der Waals surface area (Å²) in [5.41, 5.74) is 7.68. The van der Waals surface area contributed by atoms with Crippen molar-refractivity contribution in [2.24, 2.45) is 5.73 Å². The first-order valence-corrected chi connectivity index (χ1v) is 7.15. The molecule has 6 nitrogen and oxygen atoms in total. The fraction of sp³-hybridized carbons (Fsp3) is 0.533. The second-order valence-electron chi connectivity index (χ2n) is 6.06. The Kier molecular flexibility index (Phi) is 3.49. The Morgan fingerprint density at radius 2 is 2.19 bits per heavy atom. The number of amides is 1. The molecule has 0 saturated carbocycles. The summed E-state index contributed by atoms with van der Waals surface area (Å²) in [6, 6.07) is 7.46. The summed E-state index contributed by atoms with van der Waals surface area (Å²) in [6.45, 7) is 4.43. The molecule has 6 heteroatoms. The molecule has 2 saturated heterocycles. The van der Waals surface area contributed by atoms with Crippen LogP contribution in [-0.2, 0) is 16.2 Å². The number of rotatable bonds is 3. The van der Waals surface area contributed by atoms with Gasteiger partial charge in [0.1, 0.15) is 12.1 Å². The van der Waals surface area contributed by atoms with E-state index in [1.54, 1.807) is 12.0 Å². The number of fused-ring (bicyclic) bond motifs is 1. The van der Waals surface area contributed by atoms with E-state index in [0.29, 0.717) is 13.1 Å². The second kappa shape index (κ2) is 5.06. The molecule has 2 heterocycles. The number of carbonyl (C=O) groups is 1. The highest BCUT2D eigenvalue weighted by molar-refractivity contribution is 5.86. The van der Waals surface area contributed by atoms with Crippen molar-refractivity contribution in [3.63, 3.8) is 0 Å². The van der Waals surface area contributed by atoms with Gasteiger partial charge in [-0.3, -0.25) is 9.63 Å². The maximum Gasteiger partial charge on any atom is 0.241 e. The molecule has 0 radical (unpaired) electrons. The first-order chi connectivity index (χ1) is 9.91. The maximum absolute atomic E-state index is 12.1. The van der Waals surface area contributed by atoms with Crippen LogP contribution in [0, 0.1) is 6.92 Å². The zero-order valence-electron chi connectivity index (χ0n) is 12.2. The fourth-order valence-electron chi connectivity index (χ4n) is 3.18. The lowest BCUT2D eigenvalue weighted by atomic mass is 9.86. The summed E-state index contributed by atoms with van der Waals surface area (Å²) in [4.78, 5) is 17.9. The first-order valence-electron chi connectivity index (χ1n) is 7.15. The molecular formula is C15H21N3O3. The quantitative estimate of drug-likeness (QED) is 0.711. The van der Waals surface area contributed by atoms with Gasteiger partial charge in [0.05, 0.1) is 18.2 Å². The van der Waals surface area contributed by atoms with Crippen LogP contribution in [0.5, 0.6) is 0 Å². The van der Waals surface area contributed by atoms with Crippen LogP contribution >= 0.6 is 0 Å². The molecule has 0 spiro atoms. The van der Waals surface area contributed by atoms with Crippen LogP contribution in [0.15, 0.2) is 24.3 Å². The predicted molar refractivity (Wildman–Crippen MR) is 77.0 cm³/mol. The predicted octanol–water partition coefficient (Wildman–Crippen LogP) is -0.312. The number of hydrogen-bond acceptors (Lipinski definition) is 5. The minimum absolute atomic E-state index is 0.146. The van der Waals surface area contributed by atoms with Crippen molar-refractivity contribution in [3.8, 4) is 0 Å². The monoisotopic (exact) mass is 291 g/mol. The second-order valence-corrected chi connectivity index (χ2v) is 6.06. The lowest BCUT2D eigenvalue weighted by Crippen LogP contribution is -2.59. The number of nitrogens with one attached hydrogen (secondary N) is 1. The summed E-state index contributed by atoms with van der Waals surface area (Å²) in [7, 11) is 0. The van der Waals surface area contributed by atoms with Crippen LogP contribution in [-0.4, -0.2) is 46.4 Å². The lowest BCUT2D eigenvalue weighted by Gasteiger charge is -2.27. The number of aliphatic hydroxyl groups excluding tert-OH is 1. The fourth-order valence-corrected chi connectivity index (χ4v) is 3.18. The van der Waals surface area contributed by atoms with Crippen molar-refractivity contribution in [2.75, 3.05) is 6.54 Å². The number of hydrogen-bond donors (Lipinski definition) is 3. The number of hydroxylamine groups is 2. The van der Waals surface area contributed by atoms with E-state index < -0.39 is 23.8 Å². The molecule has 2 aliphatic rings. The molecular weight excluding hydrogens is 270 g/mol. The van der Waals surface area contributed by atoms with E-state index in [1.807, 2.05) is 31.2 Å². The van der Waals surface area contributed by atoms with Gasteiger partial charge >= 0.3 is 0 Å². The van der Waals surface area contributed by atoms with E-state index in [0.717, 1.165) is 5.56 Å². The Morgan fingerprint density at radius 3 is 2.81 bits per heavy atom. The summed E-state index contributed by atoms with van der Waals surface area (Å²) < 4.78 is 0. The van der Waals surface area contributed by atoms with Gasteiger partial charge in [0.25, 0.3) is 0 Å². The highest BCUT2D eigenvalue weighted by Gasteiger charge is 2.61. The average molecular weight is 291 g/mol. The van der Waals surface area contributed by atoms with Gasteiger partial charge < -0.3 is 16.2 Å². The van der Waals surface area contributed by atoms with E-state index >= 15 is 0 Å². The van der Waals surface area contributed by atoms with Crippen molar-refractivity contribution in [1.82, 2.24) is 10.4 Å². The Balaban J connectivity index is 1.85. The molecule has 0 aromatic heterocycles. The van der Waals surface area contributed by atoms with Gasteiger partial charge in [0.2, 0.25) is 5.91 Å². The van der Waals surface area contributed by atoms with Gasteiger partial charge in [0, 0.05) is 6.54 Å². The smallest absolute Gasteiger partial charge is 0.241 e. The Morgan fingerprint density at radius 1 is 1.52 bits per heavy atom. The van der Waals surface area contributed by atoms with Gasteiger partial charge in [-0.2, -0.15) is 5.06 Å². The molecule has 4 unspecified atom stereocenters. The largest absolute Gasteiger partial charge is 0.391 e. The van der Waals surface area contributed by atoms with Crippen LogP contribution in [0.2, 0.25) is 0 Å². The molecule has 2 fully saturated rings. The maximum atomic E-state index is 12.1. The van der Waals surface area contributed by atoms with Crippen LogP contribution in [0.1, 0.15) is 18.1 Å². The molecule has 1 amide bonds. The van der Waals surface area contributed by atoms with Gasteiger partial charge in [-0.05, 0) is 19.4 Å². The van der Waals surface area contributed by atoms with Crippen molar-refractivity contribution in [1.29, 1.82) is 0 Å².